The summed E-state index contributed by atoms with van der Waals surface area (Å²) in [4.78, 5) is 17.2. The Balaban J connectivity index is 1.54. The summed E-state index contributed by atoms with van der Waals surface area (Å²) < 4.78 is 6.98. The summed E-state index contributed by atoms with van der Waals surface area (Å²) in [6.45, 7) is 1.99. The summed E-state index contributed by atoms with van der Waals surface area (Å²) in [6, 6.07) is 8.74. The average molecular weight is 406 g/mol. The Labute approximate surface area is 161 Å². The van der Waals surface area contributed by atoms with E-state index < -0.39 is 0 Å². The molecular weight excluding hydrogens is 394 g/mol. The Kier molecular flexibility index (Phi) is 4.75. The van der Waals surface area contributed by atoms with Crippen molar-refractivity contribution in [3.63, 3.8) is 0 Å². The molecule has 0 atom stereocenters. The smallest absolute Gasteiger partial charge is 0.277 e. The minimum atomic E-state index is -0.191. The Morgan fingerprint density at radius 3 is 2.96 bits per heavy atom. The van der Waals surface area contributed by atoms with Crippen LogP contribution in [0.3, 0.4) is 0 Å². The minimum Gasteiger partial charge on any atom is -0.411 e. The van der Waals surface area contributed by atoms with Crippen molar-refractivity contribution >= 4 is 39.7 Å². The number of aryl methyl sites for hydroxylation is 1. The fraction of sp³-hybridized carbons (Fsp3) is 0.188. The van der Waals surface area contributed by atoms with Crippen LogP contribution in [0.15, 0.2) is 44.8 Å². The van der Waals surface area contributed by atoms with Crippen molar-refractivity contribution in [1.82, 2.24) is 24.8 Å². The Bertz CT molecular complexity index is 1140. The van der Waals surface area contributed by atoms with Gasteiger partial charge in [-0.3, -0.25) is 4.79 Å². The summed E-state index contributed by atoms with van der Waals surface area (Å²) >= 11 is 8.87. The summed E-state index contributed by atoms with van der Waals surface area (Å²) in [5.74, 6) is 0.798. The second-order valence-corrected chi connectivity index (χ2v) is 7.65. The zero-order valence-electron chi connectivity index (χ0n) is 13.5. The molecule has 26 heavy (non-hydrogen) atoms. The molecule has 1 aromatic carbocycles. The van der Waals surface area contributed by atoms with E-state index in [1.807, 2.05) is 25.1 Å². The van der Waals surface area contributed by atoms with E-state index in [2.05, 4.69) is 20.3 Å². The van der Waals surface area contributed by atoms with Gasteiger partial charge in [0.05, 0.1) is 16.3 Å². The number of nitrogens with zero attached hydrogens (tertiary/aromatic N) is 5. The summed E-state index contributed by atoms with van der Waals surface area (Å²) in [7, 11) is 0. The van der Waals surface area contributed by atoms with Crippen LogP contribution in [-0.4, -0.2) is 24.8 Å². The molecule has 0 radical (unpaired) electrons. The molecule has 3 heterocycles. The highest BCUT2D eigenvalue weighted by molar-refractivity contribution is 7.98. The lowest BCUT2D eigenvalue weighted by Crippen LogP contribution is -2.15. The number of hydrogen-bond acceptors (Lipinski definition) is 8. The van der Waals surface area contributed by atoms with Crippen LogP contribution in [0.1, 0.15) is 17.6 Å². The van der Waals surface area contributed by atoms with Crippen molar-refractivity contribution in [3.8, 4) is 11.5 Å². The fourth-order valence-corrected chi connectivity index (χ4v) is 3.99. The SMILES string of the molecule is CCc1nn2c(=O)cc(CSc3nnc(-c4ccccc4Cl)o3)nc2s1. The average Bonchev–Trinajstić information content (AvgIpc) is 3.27. The molecule has 0 saturated heterocycles. The summed E-state index contributed by atoms with van der Waals surface area (Å²) in [5.41, 5.74) is 1.13. The van der Waals surface area contributed by atoms with E-state index in [0.717, 1.165) is 11.4 Å². The van der Waals surface area contributed by atoms with Crippen molar-refractivity contribution in [2.75, 3.05) is 0 Å². The lowest BCUT2D eigenvalue weighted by Gasteiger charge is -1.98. The zero-order chi connectivity index (χ0) is 18.1. The first-order valence-corrected chi connectivity index (χ1v) is 9.92. The second kappa shape index (κ2) is 7.18. The van der Waals surface area contributed by atoms with Gasteiger partial charge in [-0.05, 0) is 18.6 Å². The van der Waals surface area contributed by atoms with Crippen molar-refractivity contribution in [3.05, 3.63) is 56.4 Å². The lowest BCUT2D eigenvalue weighted by atomic mass is 10.2. The largest absolute Gasteiger partial charge is 0.411 e. The monoisotopic (exact) mass is 405 g/mol. The molecule has 0 aliphatic carbocycles. The van der Waals surface area contributed by atoms with Crippen LogP contribution in [0, 0.1) is 0 Å². The standard InChI is InChI=1S/C16H12ClN5O2S2/c1-2-12-21-22-13(23)7-9(18-15(22)26-12)8-25-16-20-19-14(24-16)10-5-3-4-6-11(10)17/h3-7H,2,8H2,1H3. The number of aromatic nitrogens is 5. The van der Waals surface area contributed by atoms with Gasteiger partial charge >= 0.3 is 0 Å². The van der Waals surface area contributed by atoms with Gasteiger partial charge in [-0.25, -0.2) is 4.98 Å². The van der Waals surface area contributed by atoms with Crippen LogP contribution in [0.5, 0.6) is 0 Å². The molecule has 4 rings (SSSR count). The van der Waals surface area contributed by atoms with Gasteiger partial charge in [0.25, 0.3) is 10.8 Å². The first-order valence-electron chi connectivity index (χ1n) is 7.74. The van der Waals surface area contributed by atoms with Crippen molar-refractivity contribution < 1.29 is 4.42 Å². The van der Waals surface area contributed by atoms with E-state index in [-0.39, 0.29) is 5.56 Å². The van der Waals surface area contributed by atoms with E-state index in [4.69, 9.17) is 16.0 Å². The minimum absolute atomic E-state index is 0.191. The molecule has 0 spiro atoms. The van der Waals surface area contributed by atoms with Gasteiger partial charge in [-0.2, -0.15) is 9.61 Å². The third-order valence-electron chi connectivity index (χ3n) is 3.50. The second-order valence-electron chi connectivity index (χ2n) is 5.27. The third-order valence-corrected chi connectivity index (χ3v) is 5.73. The lowest BCUT2D eigenvalue weighted by molar-refractivity contribution is 0.466. The normalized spacial score (nSPS) is 11.3. The molecule has 3 aromatic heterocycles. The maximum Gasteiger partial charge on any atom is 0.277 e. The van der Waals surface area contributed by atoms with Gasteiger partial charge in [0.15, 0.2) is 0 Å². The number of fused-ring (bicyclic) bond motifs is 1. The first-order chi connectivity index (χ1) is 12.6. The molecule has 132 valence electrons. The van der Waals surface area contributed by atoms with Crippen LogP contribution in [0.4, 0.5) is 0 Å². The Morgan fingerprint density at radius 2 is 2.15 bits per heavy atom. The van der Waals surface area contributed by atoms with Crippen molar-refractivity contribution in [2.24, 2.45) is 0 Å². The van der Waals surface area contributed by atoms with E-state index in [1.54, 1.807) is 6.07 Å². The predicted octanol–water partition coefficient (Wildman–Crippen LogP) is 3.71. The van der Waals surface area contributed by atoms with Crippen LogP contribution in [0.2, 0.25) is 5.02 Å². The molecule has 7 nitrogen and oxygen atoms in total. The maximum atomic E-state index is 12.2. The number of halogens is 1. The molecule has 4 aromatic rings. The molecule has 0 aliphatic heterocycles. The van der Waals surface area contributed by atoms with Crippen LogP contribution in [-0.2, 0) is 12.2 Å². The molecule has 0 aliphatic rings. The molecule has 0 N–H and O–H groups in total. The van der Waals surface area contributed by atoms with Crippen LogP contribution < -0.4 is 5.56 Å². The summed E-state index contributed by atoms with van der Waals surface area (Å²) in [6.07, 6.45) is 0.768. The summed E-state index contributed by atoms with van der Waals surface area (Å²) in [5, 5.41) is 14.1. The molecule has 0 bridgehead atoms. The molecule has 0 amide bonds. The first kappa shape index (κ1) is 17.2. The molecule has 0 saturated carbocycles. The van der Waals surface area contributed by atoms with E-state index >= 15 is 0 Å². The predicted molar refractivity (Wildman–Crippen MR) is 101 cm³/mol. The van der Waals surface area contributed by atoms with E-state index in [1.165, 1.54) is 33.7 Å². The molecule has 0 fully saturated rings. The van der Waals surface area contributed by atoms with E-state index in [9.17, 15) is 4.79 Å². The fourth-order valence-electron chi connectivity index (χ4n) is 2.26. The highest BCUT2D eigenvalue weighted by Crippen LogP contribution is 2.29. The maximum absolute atomic E-state index is 12.2. The molecule has 0 unspecified atom stereocenters. The quantitative estimate of drug-likeness (QED) is 0.468. The number of hydrogen-bond donors (Lipinski definition) is 0. The van der Waals surface area contributed by atoms with Crippen LogP contribution >= 0.6 is 34.7 Å². The third kappa shape index (κ3) is 3.37. The number of rotatable bonds is 5. The topological polar surface area (TPSA) is 86.2 Å². The van der Waals surface area contributed by atoms with Crippen molar-refractivity contribution in [2.45, 2.75) is 24.3 Å². The number of benzene rings is 1. The highest BCUT2D eigenvalue weighted by atomic mass is 35.5. The van der Waals surface area contributed by atoms with Gasteiger partial charge < -0.3 is 4.42 Å². The highest BCUT2D eigenvalue weighted by Gasteiger charge is 2.13. The van der Waals surface area contributed by atoms with Gasteiger partial charge in [-0.15, -0.1) is 10.2 Å². The van der Waals surface area contributed by atoms with Gasteiger partial charge in [0.2, 0.25) is 10.9 Å². The van der Waals surface area contributed by atoms with Gasteiger partial charge in [-0.1, -0.05) is 53.8 Å². The molecule has 10 heteroatoms. The van der Waals surface area contributed by atoms with Gasteiger partial charge in [0, 0.05) is 11.8 Å². The van der Waals surface area contributed by atoms with E-state index in [0.29, 0.717) is 38.1 Å². The van der Waals surface area contributed by atoms with Crippen LogP contribution in [0.25, 0.3) is 16.4 Å². The van der Waals surface area contributed by atoms with Gasteiger partial charge in [0.1, 0.15) is 5.01 Å². The zero-order valence-corrected chi connectivity index (χ0v) is 15.9. The Morgan fingerprint density at radius 1 is 1.31 bits per heavy atom. The number of thioether (sulfide) groups is 1. The Hall–Kier alpha value is -2.23. The van der Waals surface area contributed by atoms with Crippen molar-refractivity contribution in [1.29, 1.82) is 0 Å². The molecular formula is C16H12ClN5O2S2.